The smallest absolute Gasteiger partial charge is 0.172 e. The van der Waals surface area contributed by atoms with Crippen molar-refractivity contribution in [2.24, 2.45) is 0 Å². The lowest BCUT2D eigenvalue weighted by molar-refractivity contribution is 0.593. The zero-order chi connectivity index (χ0) is 27.6. The second kappa shape index (κ2) is 10.6. The van der Waals surface area contributed by atoms with E-state index in [2.05, 4.69) is 108 Å². The van der Waals surface area contributed by atoms with Gasteiger partial charge in [0.15, 0.2) is 7.14 Å². The molecule has 0 N–H and O–H groups in total. The van der Waals surface area contributed by atoms with Gasteiger partial charge >= 0.3 is 0 Å². The lowest BCUT2D eigenvalue weighted by Gasteiger charge is -2.26. The first-order valence-electron chi connectivity index (χ1n) is 13.8. The summed E-state index contributed by atoms with van der Waals surface area (Å²) < 4.78 is 15.5. The van der Waals surface area contributed by atoms with Gasteiger partial charge < -0.3 is 9.46 Å². The zero-order valence-corrected chi connectivity index (χ0v) is 23.4. The van der Waals surface area contributed by atoms with Gasteiger partial charge in [-0.3, -0.25) is 0 Å². The van der Waals surface area contributed by atoms with Gasteiger partial charge in [0.25, 0.3) is 0 Å². The number of fused-ring (bicyclic) bond motifs is 1. The Morgan fingerprint density at radius 2 is 0.878 bits per heavy atom. The van der Waals surface area contributed by atoms with Crippen LogP contribution in [-0.2, 0) is 4.57 Å². The van der Waals surface area contributed by atoms with E-state index in [-0.39, 0.29) is 0 Å². The maximum Gasteiger partial charge on any atom is 0.172 e. The van der Waals surface area contributed by atoms with Gasteiger partial charge in [0.05, 0.1) is 0 Å². The number of rotatable bonds is 6. The van der Waals surface area contributed by atoms with Crippen LogP contribution >= 0.6 is 7.14 Å². The van der Waals surface area contributed by atoms with E-state index < -0.39 is 7.14 Å². The Kier molecular flexibility index (Phi) is 6.47. The Hall–Kier alpha value is -4.91. The van der Waals surface area contributed by atoms with Crippen LogP contribution in [0.3, 0.4) is 0 Å². The minimum atomic E-state index is -3.15. The van der Waals surface area contributed by atoms with E-state index in [1.165, 1.54) is 0 Å². The van der Waals surface area contributed by atoms with Crippen LogP contribution in [0.5, 0.6) is 0 Å². The third-order valence-corrected chi connectivity index (χ3v) is 10.9. The van der Waals surface area contributed by atoms with Gasteiger partial charge in [0.1, 0.15) is 0 Å². The molecule has 1 heterocycles. The molecule has 1 unspecified atom stereocenters. The fraction of sp³-hybridized carbons (Fsp3) is 0. The average molecular weight is 546 g/mol. The van der Waals surface area contributed by atoms with Crippen molar-refractivity contribution in [2.45, 2.75) is 0 Å². The van der Waals surface area contributed by atoms with Gasteiger partial charge in [-0.15, -0.1) is 0 Å². The van der Waals surface area contributed by atoms with Crippen molar-refractivity contribution in [1.82, 2.24) is 0 Å². The lowest BCUT2D eigenvalue weighted by Crippen LogP contribution is -2.15. The number of anilines is 3. The molecule has 2 nitrogen and oxygen atoms in total. The summed E-state index contributed by atoms with van der Waals surface area (Å²) in [6, 6.07) is 57.8. The Morgan fingerprint density at radius 3 is 1.46 bits per heavy atom. The molecule has 7 rings (SSSR count). The molecule has 1 aliphatic heterocycles. The second-order valence-corrected chi connectivity index (χ2v) is 12.8. The monoisotopic (exact) mass is 545 g/mol. The number of nitrogens with zero attached hydrogens (tertiary/aromatic N) is 1. The van der Waals surface area contributed by atoms with Crippen molar-refractivity contribution >= 4 is 45.7 Å². The summed E-state index contributed by atoms with van der Waals surface area (Å²) in [7, 11) is -3.15. The topological polar surface area (TPSA) is 20.3 Å². The largest absolute Gasteiger partial charge is 0.311 e. The summed E-state index contributed by atoms with van der Waals surface area (Å²) in [4.78, 5) is 2.25. The molecule has 0 spiro atoms. The normalized spacial score (nSPS) is 15.9. The second-order valence-electron chi connectivity index (χ2n) is 10.1. The van der Waals surface area contributed by atoms with E-state index in [1.54, 1.807) is 0 Å². The molecule has 0 bridgehead atoms. The van der Waals surface area contributed by atoms with Crippen molar-refractivity contribution in [1.29, 1.82) is 0 Å². The van der Waals surface area contributed by atoms with Crippen LogP contribution in [0.15, 0.2) is 170 Å². The molecule has 41 heavy (non-hydrogen) atoms. The van der Waals surface area contributed by atoms with Crippen LogP contribution in [0.2, 0.25) is 0 Å². The molecule has 0 aliphatic carbocycles. The van der Waals surface area contributed by atoms with Crippen LogP contribution in [-0.4, -0.2) is 0 Å². The quantitative estimate of drug-likeness (QED) is 0.194. The van der Waals surface area contributed by atoms with E-state index in [4.69, 9.17) is 0 Å². The molecule has 6 aromatic carbocycles. The van der Waals surface area contributed by atoms with Crippen molar-refractivity contribution in [3.63, 3.8) is 0 Å². The van der Waals surface area contributed by atoms with Crippen molar-refractivity contribution in [2.75, 3.05) is 4.90 Å². The third kappa shape index (κ3) is 4.34. The highest BCUT2D eigenvalue weighted by Gasteiger charge is 2.43. The highest BCUT2D eigenvalue weighted by atomic mass is 31.2. The number of hydrogen-bond acceptors (Lipinski definition) is 2. The van der Waals surface area contributed by atoms with Crippen LogP contribution in [0, 0.1) is 0 Å². The van der Waals surface area contributed by atoms with E-state index >= 15 is 4.57 Å². The predicted octanol–water partition coefficient (Wildman–Crippen LogP) is 9.40. The average Bonchev–Trinajstić information content (AvgIpc) is 3.33. The summed E-state index contributed by atoms with van der Waals surface area (Å²) in [6.45, 7) is 0. The molecule has 1 atom stereocenters. The number of benzene rings is 6. The molecule has 0 saturated carbocycles. The summed E-state index contributed by atoms with van der Waals surface area (Å²) in [6.07, 6.45) is 0. The van der Waals surface area contributed by atoms with E-state index in [0.717, 1.165) is 55.2 Å². The molecule has 0 aromatic heterocycles. The van der Waals surface area contributed by atoms with E-state index in [1.807, 2.05) is 66.7 Å². The highest BCUT2D eigenvalue weighted by Crippen LogP contribution is 2.65. The van der Waals surface area contributed by atoms with Gasteiger partial charge in [0.2, 0.25) is 0 Å². The number of hydrogen-bond donors (Lipinski definition) is 0. The van der Waals surface area contributed by atoms with Crippen molar-refractivity contribution in [3.05, 3.63) is 187 Å². The van der Waals surface area contributed by atoms with Gasteiger partial charge in [-0.2, -0.15) is 0 Å². The molecule has 0 saturated heterocycles. The van der Waals surface area contributed by atoms with Crippen molar-refractivity contribution in [3.8, 4) is 0 Å². The fourth-order valence-electron chi connectivity index (χ4n) is 5.86. The summed E-state index contributed by atoms with van der Waals surface area (Å²) in [5.41, 5.74) is 7.33. The maximum atomic E-state index is 15.5. The van der Waals surface area contributed by atoms with Gasteiger partial charge in [-0.05, 0) is 53.1 Å². The molecular weight excluding hydrogens is 517 g/mol. The maximum absolute atomic E-state index is 15.5. The summed E-state index contributed by atoms with van der Waals surface area (Å²) >= 11 is 0. The van der Waals surface area contributed by atoms with Crippen LogP contribution in [0.1, 0.15) is 16.7 Å². The van der Waals surface area contributed by atoms with E-state index in [0.29, 0.717) is 0 Å². The minimum absolute atomic E-state index is 0.854. The Bertz CT molecular complexity index is 1840. The van der Waals surface area contributed by atoms with Crippen LogP contribution in [0.4, 0.5) is 17.1 Å². The first-order valence-corrected chi connectivity index (χ1v) is 15.5. The zero-order valence-electron chi connectivity index (χ0n) is 22.5. The first-order chi connectivity index (χ1) is 20.2. The third-order valence-electron chi connectivity index (χ3n) is 7.67. The molecule has 196 valence electrons. The van der Waals surface area contributed by atoms with Crippen LogP contribution in [0.25, 0.3) is 10.9 Å². The predicted molar refractivity (Wildman–Crippen MR) is 173 cm³/mol. The van der Waals surface area contributed by atoms with Gasteiger partial charge in [0, 0.05) is 38.6 Å². The van der Waals surface area contributed by atoms with Crippen molar-refractivity contribution < 1.29 is 4.57 Å². The highest BCUT2D eigenvalue weighted by molar-refractivity contribution is 7.88. The Labute approximate surface area is 241 Å². The molecule has 0 fully saturated rings. The first kappa shape index (κ1) is 25.1. The van der Waals surface area contributed by atoms with Gasteiger partial charge in [-0.1, -0.05) is 133 Å². The molecular formula is C38H28NOP. The summed E-state index contributed by atoms with van der Waals surface area (Å²) in [5.74, 6) is 0. The molecule has 3 heteroatoms. The number of para-hydroxylation sites is 2. The standard InChI is InChI=1S/C38H28NOP/c40-41(34-21-11-4-12-22-34)36-24-14-13-23-35(36)37(29-15-5-1-6-16-29)38(41)30-25-27-33(28-26-30)39(31-17-7-2-8-18-31)32-19-9-3-10-20-32/h1-28H. The lowest BCUT2D eigenvalue weighted by atomic mass is 9.95. The van der Waals surface area contributed by atoms with E-state index in [9.17, 15) is 0 Å². The minimum Gasteiger partial charge on any atom is -0.311 e. The molecule has 1 aliphatic rings. The van der Waals surface area contributed by atoms with Gasteiger partial charge in [-0.25, -0.2) is 0 Å². The SMILES string of the molecule is O=P1(c2ccccc2)C(c2ccc(N(c3ccccc3)c3ccccc3)cc2)=C(c2ccccc2)c2ccccc21. The summed E-state index contributed by atoms with van der Waals surface area (Å²) in [5, 5.41) is 2.65. The van der Waals surface area contributed by atoms with Crippen LogP contribution < -0.4 is 15.5 Å². The fourth-order valence-corrected chi connectivity index (χ4v) is 9.13. The Morgan fingerprint density at radius 1 is 0.415 bits per heavy atom. The molecule has 0 radical (unpaired) electrons. The Balaban J connectivity index is 1.45. The molecule has 6 aromatic rings. The molecule has 0 amide bonds.